The van der Waals surface area contributed by atoms with E-state index in [-0.39, 0.29) is 24.0 Å². The molecule has 2 unspecified atom stereocenters. The van der Waals surface area contributed by atoms with Crippen molar-refractivity contribution in [1.82, 2.24) is 10.9 Å². The first kappa shape index (κ1) is 21.3. The minimum atomic E-state index is -0.855. The lowest BCUT2D eigenvalue weighted by atomic mass is 10.2. The van der Waals surface area contributed by atoms with E-state index in [4.69, 9.17) is 14.2 Å². The number of nitro benzene ring substituents is 1. The van der Waals surface area contributed by atoms with Gasteiger partial charge in [0, 0.05) is 24.3 Å². The van der Waals surface area contributed by atoms with E-state index in [1.807, 2.05) is 0 Å². The maximum Gasteiger partial charge on any atom is 0.335 e. The Hall–Kier alpha value is -3.05. The predicted octanol–water partition coefficient (Wildman–Crippen LogP) is 0.483. The number of rotatable bonds is 8. The molecule has 0 radical (unpaired) electrons. The van der Waals surface area contributed by atoms with Gasteiger partial charge in [0.05, 0.1) is 17.6 Å². The summed E-state index contributed by atoms with van der Waals surface area (Å²) in [6.45, 7) is 1.85. The number of nitrogens with zero attached hydrogens (tertiary/aromatic N) is 1. The molecule has 1 aliphatic rings. The summed E-state index contributed by atoms with van der Waals surface area (Å²) in [6.07, 6.45) is 0.942. The first-order valence-corrected chi connectivity index (χ1v) is 8.60. The summed E-state index contributed by atoms with van der Waals surface area (Å²) >= 11 is 0. The molecule has 11 heteroatoms. The van der Waals surface area contributed by atoms with Crippen LogP contribution in [0, 0.1) is 10.1 Å². The fourth-order valence-electron chi connectivity index (χ4n) is 2.32. The average Bonchev–Trinajstić information content (AvgIpc) is 3.22. The average molecular weight is 395 g/mol. The lowest BCUT2D eigenvalue weighted by molar-refractivity contribution is -0.384. The smallest absolute Gasteiger partial charge is 0.335 e. The molecule has 1 fully saturated rings. The highest BCUT2D eigenvalue weighted by atomic mass is 16.6. The van der Waals surface area contributed by atoms with Gasteiger partial charge in [0.1, 0.15) is 0 Å². The summed E-state index contributed by atoms with van der Waals surface area (Å²) in [5.74, 6) is -2.15. The first-order valence-electron chi connectivity index (χ1n) is 8.60. The Morgan fingerprint density at radius 2 is 2.00 bits per heavy atom. The number of hydrogen-bond donors (Lipinski definition) is 2. The molecule has 2 rings (SSSR count). The SMILES string of the molecule is CC(OCC1CCCO1)C(=O)OCC(=O)NNC(=O)c1ccc([N+](=O)[O-])cc1. The summed E-state index contributed by atoms with van der Waals surface area (Å²) < 4.78 is 15.5. The maximum absolute atomic E-state index is 11.9. The highest BCUT2D eigenvalue weighted by Crippen LogP contribution is 2.13. The van der Waals surface area contributed by atoms with Gasteiger partial charge in [-0.25, -0.2) is 4.79 Å². The maximum atomic E-state index is 11.9. The number of ether oxygens (including phenoxy) is 3. The van der Waals surface area contributed by atoms with Crippen LogP contribution in [0.4, 0.5) is 5.69 Å². The van der Waals surface area contributed by atoms with Gasteiger partial charge in [-0.1, -0.05) is 0 Å². The number of carbonyl (C=O) groups is 3. The molecule has 2 atom stereocenters. The number of amides is 2. The molecular formula is C17H21N3O8. The minimum absolute atomic E-state index is 0.0341. The molecule has 0 aromatic heterocycles. The van der Waals surface area contributed by atoms with E-state index in [2.05, 4.69) is 10.9 Å². The van der Waals surface area contributed by atoms with Crippen LogP contribution in [0.5, 0.6) is 0 Å². The van der Waals surface area contributed by atoms with Gasteiger partial charge in [-0.05, 0) is 31.9 Å². The van der Waals surface area contributed by atoms with Crippen LogP contribution in [0.3, 0.4) is 0 Å². The molecular weight excluding hydrogens is 374 g/mol. The third-order valence-electron chi connectivity index (χ3n) is 3.89. The standard InChI is InChI=1S/C17H21N3O8/c1-11(27-9-14-3-2-8-26-14)17(23)28-10-15(21)18-19-16(22)12-4-6-13(7-5-12)20(24)25/h4-7,11,14H,2-3,8-10H2,1H3,(H,18,21)(H,19,22). The van der Waals surface area contributed by atoms with Crippen LogP contribution in [0.25, 0.3) is 0 Å². The van der Waals surface area contributed by atoms with Gasteiger partial charge in [-0.2, -0.15) is 0 Å². The van der Waals surface area contributed by atoms with Gasteiger partial charge >= 0.3 is 5.97 Å². The van der Waals surface area contributed by atoms with Gasteiger partial charge < -0.3 is 14.2 Å². The summed E-state index contributed by atoms with van der Waals surface area (Å²) in [4.78, 5) is 45.3. The van der Waals surface area contributed by atoms with E-state index >= 15 is 0 Å². The number of benzene rings is 1. The van der Waals surface area contributed by atoms with Crippen molar-refractivity contribution in [3.63, 3.8) is 0 Å². The zero-order valence-corrected chi connectivity index (χ0v) is 15.2. The van der Waals surface area contributed by atoms with Gasteiger partial charge in [0.2, 0.25) is 0 Å². The van der Waals surface area contributed by atoms with Crippen LogP contribution >= 0.6 is 0 Å². The Morgan fingerprint density at radius 3 is 2.61 bits per heavy atom. The monoisotopic (exact) mass is 395 g/mol. The van der Waals surface area contributed by atoms with E-state index < -0.39 is 35.4 Å². The number of carbonyl (C=O) groups excluding carboxylic acids is 3. The van der Waals surface area contributed by atoms with Crippen molar-refractivity contribution in [2.24, 2.45) is 0 Å². The fraction of sp³-hybridized carbons (Fsp3) is 0.471. The molecule has 28 heavy (non-hydrogen) atoms. The molecule has 152 valence electrons. The predicted molar refractivity (Wildman–Crippen MR) is 94.1 cm³/mol. The molecule has 1 aliphatic heterocycles. The second kappa shape index (κ2) is 10.3. The fourth-order valence-corrected chi connectivity index (χ4v) is 2.32. The third kappa shape index (κ3) is 6.59. The number of hydrazine groups is 1. The lowest BCUT2D eigenvalue weighted by Crippen LogP contribution is -2.44. The Labute approximate surface area is 160 Å². The van der Waals surface area contributed by atoms with Gasteiger partial charge in [-0.15, -0.1) is 0 Å². The van der Waals surface area contributed by atoms with Crippen molar-refractivity contribution in [2.75, 3.05) is 19.8 Å². The molecule has 1 heterocycles. The first-order chi connectivity index (χ1) is 13.4. The van der Waals surface area contributed by atoms with Gasteiger partial charge in [-0.3, -0.25) is 30.6 Å². The molecule has 0 aliphatic carbocycles. The molecule has 2 N–H and O–H groups in total. The molecule has 2 amide bonds. The summed E-state index contributed by atoms with van der Waals surface area (Å²) in [7, 11) is 0. The number of hydrogen-bond acceptors (Lipinski definition) is 8. The van der Waals surface area contributed by atoms with E-state index in [1.54, 1.807) is 0 Å². The van der Waals surface area contributed by atoms with E-state index in [9.17, 15) is 24.5 Å². The molecule has 0 saturated carbocycles. The van der Waals surface area contributed by atoms with Crippen LogP contribution in [0.1, 0.15) is 30.1 Å². The molecule has 0 bridgehead atoms. The normalized spacial score (nSPS) is 16.8. The summed E-state index contributed by atoms with van der Waals surface area (Å²) in [5, 5.41) is 10.6. The van der Waals surface area contributed by atoms with Crippen molar-refractivity contribution in [3.05, 3.63) is 39.9 Å². The van der Waals surface area contributed by atoms with Crippen molar-refractivity contribution in [2.45, 2.75) is 32.0 Å². The Morgan fingerprint density at radius 1 is 1.29 bits per heavy atom. The van der Waals surface area contributed by atoms with E-state index in [1.165, 1.54) is 19.1 Å². The molecule has 1 aromatic carbocycles. The quantitative estimate of drug-likeness (QED) is 0.367. The number of esters is 1. The van der Waals surface area contributed by atoms with Gasteiger partial charge in [0.15, 0.2) is 12.7 Å². The zero-order chi connectivity index (χ0) is 20.5. The van der Waals surface area contributed by atoms with E-state index in [0.717, 1.165) is 25.0 Å². The molecule has 0 spiro atoms. The van der Waals surface area contributed by atoms with Crippen LogP contribution in [-0.2, 0) is 23.8 Å². The van der Waals surface area contributed by atoms with Crippen LogP contribution in [0.2, 0.25) is 0 Å². The van der Waals surface area contributed by atoms with E-state index in [0.29, 0.717) is 6.61 Å². The highest BCUT2D eigenvalue weighted by Gasteiger charge is 2.21. The second-order valence-electron chi connectivity index (χ2n) is 6.02. The highest BCUT2D eigenvalue weighted by molar-refractivity contribution is 5.95. The van der Waals surface area contributed by atoms with Crippen LogP contribution < -0.4 is 10.9 Å². The second-order valence-corrected chi connectivity index (χ2v) is 6.02. The van der Waals surface area contributed by atoms with Crippen molar-refractivity contribution < 1.29 is 33.5 Å². The molecule has 11 nitrogen and oxygen atoms in total. The topological polar surface area (TPSA) is 146 Å². The Bertz CT molecular complexity index is 716. The van der Waals surface area contributed by atoms with Crippen molar-refractivity contribution >= 4 is 23.5 Å². The molecule has 1 aromatic rings. The Balaban J connectivity index is 1.66. The third-order valence-corrected chi connectivity index (χ3v) is 3.89. The number of nitro groups is 1. The van der Waals surface area contributed by atoms with Crippen LogP contribution in [0.15, 0.2) is 24.3 Å². The zero-order valence-electron chi connectivity index (χ0n) is 15.2. The largest absolute Gasteiger partial charge is 0.454 e. The lowest BCUT2D eigenvalue weighted by Gasteiger charge is -2.15. The van der Waals surface area contributed by atoms with Crippen LogP contribution in [-0.4, -0.2) is 54.7 Å². The minimum Gasteiger partial charge on any atom is -0.454 e. The molecule has 1 saturated heterocycles. The van der Waals surface area contributed by atoms with Gasteiger partial charge in [0.25, 0.3) is 17.5 Å². The number of non-ortho nitro benzene ring substituents is 1. The van der Waals surface area contributed by atoms with Crippen molar-refractivity contribution in [1.29, 1.82) is 0 Å². The summed E-state index contributed by atoms with van der Waals surface area (Å²) in [6, 6.07) is 4.81. The summed E-state index contributed by atoms with van der Waals surface area (Å²) in [5.41, 5.74) is 4.14. The number of nitrogens with one attached hydrogen (secondary N) is 2. The Kier molecular flexibility index (Phi) is 7.84. The van der Waals surface area contributed by atoms with Crippen molar-refractivity contribution in [3.8, 4) is 0 Å².